The highest BCUT2D eigenvalue weighted by molar-refractivity contribution is 5.91. The standard InChI is InChI=1S/C15H11F3O2/c1-20-14(19)12-6-2-4-10(8-12)11-5-3-7-13(9-11)15(16,17)18/h2-9H,1H3. The summed E-state index contributed by atoms with van der Waals surface area (Å²) in [5.41, 5.74) is 0.491. The van der Waals surface area contributed by atoms with E-state index in [4.69, 9.17) is 0 Å². The van der Waals surface area contributed by atoms with Crippen molar-refractivity contribution >= 4 is 5.97 Å². The highest BCUT2D eigenvalue weighted by Gasteiger charge is 2.30. The van der Waals surface area contributed by atoms with Crippen LogP contribution in [0.25, 0.3) is 11.1 Å². The number of methoxy groups -OCH3 is 1. The van der Waals surface area contributed by atoms with E-state index in [1.165, 1.54) is 19.2 Å². The van der Waals surface area contributed by atoms with Crippen molar-refractivity contribution in [1.82, 2.24) is 0 Å². The van der Waals surface area contributed by atoms with Gasteiger partial charge in [-0.2, -0.15) is 13.2 Å². The monoisotopic (exact) mass is 280 g/mol. The van der Waals surface area contributed by atoms with Crippen molar-refractivity contribution in [2.75, 3.05) is 7.11 Å². The molecule has 0 saturated carbocycles. The topological polar surface area (TPSA) is 26.3 Å². The number of carbonyl (C=O) groups excluding carboxylic acids is 1. The number of alkyl halides is 3. The number of hydrogen-bond acceptors (Lipinski definition) is 2. The second kappa shape index (κ2) is 5.36. The second-order valence-corrected chi connectivity index (χ2v) is 4.15. The van der Waals surface area contributed by atoms with Crippen LogP contribution in [-0.2, 0) is 10.9 Å². The summed E-state index contributed by atoms with van der Waals surface area (Å²) in [6, 6.07) is 11.2. The molecule has 0 spiro atoms. The van der Waals surface area contributed by atoms with Gasteiger partial charge in [0.25, 0.3) is 0 Å². The van der Waals surface area contributed by atoms with Crippen molar-refractivity contribution in [2.24, 2.45) is 0 Å². The maximum Gasteiger partial charge on any atom is 0.416 e. The quantitative estimate of drug-likeness (QED) is 0.772. The zero-order valence-electron chi connectivity index (χ0n) is 10.6. The minimum Gasteiger partial charge on any atom is -0.465 e. The predicted octanol–water partition coefficient (Wildman–Crippen LogP) is 4.16. The van der Waals surface area contributed by atoms with E-state index in [1.54, 1.807) is 24.3 Å². The van der Waals surface area contributed by atoms with Crippen LogP contribution in [0.3, 0.4) is 0 Å². The molecule has 0 heterocycles. The van der Waals surface area contributed by atoms with Gasteiger partial charge in [0.1, 0.15) is 0 Å². The molecule has 104 valence electrons. The molecule has 2 rings (SSSR count). The first-order chi connectivity index (χ1) is 9.41. The summed E-state index contributed by atoms with van der Waals surface area (Å²) in [5, 5.41) is 0. The van der Waals surface area contributed by atoms with Crippen molar-refractivity contribution in [3.8, 4) is 11.1 Å². The van der Waals surface area contributed by atoms with Crippen molar-refractivity contribution in [1.29, 1.82) is 0 Å². The van der Waals surface area contributed by atoms with E-state index in [0.717, 1.165) is 12.1 Å². The molecule has 0 aliphatic heterocycles. The molecule has 0 aliphatic carbocycles. The first kappa shape index (κ1) is 14.1. The molecule has 0 fully saturated rings. The van der Waals surface area contributed by atoms with Crippen LogP contribution in [0.4, 0.5) is 13.2 Å². The van der Waals surface area contributed by atoms with Crippen molar-refractivity contribution in [3.63, 3.8) is 0 Å². The normalized spacial score (nSPS) is 11.2. The summed E-state index contributed by atoms with van der Waals surface area (Å²) < 4.78 is 42.6. The molecule has 0 aliphatic rings. The fraction of sp³-hybridized carbons (Fsp3) is 0.133. The number of benzene rings is 2. The second-order valence-electron chi connectivity index (χ2n) is 4.15. The van der Waals surface area contributed by atoms with E-state index in [1.807, 2.05) is 0 Å². The Hall–Kier alpha value is -2.30. The van der Waals surface area contributed by atoms with Crippen molar-refractivity contribution in [2.45, 2.75) is 6.18 Å². The molecule has 2 aromatic carbocycles. The summed E-state index contributed by atoms with van der Waals surface area (Å²) in [4.78, 5) is 11.4. The molecule has 0 saturated heterocycles. The lowest BCUT2D eigenvalue weighted by molar-refractivity contribution is -0.137. The van der Waals surface area contributed by atoms with Gasteiger partial charge in [0.05, 0.1) is 18.2 Å². The molecule has 0 aromatic heterocycles. The number of ether oxygens (including phenoxy) is 1. The molecular formula is C15H11F3O2. The van der Waals surface area contributed by atoms with Gasteiger partial charge in [-0.15, -0.1) is 0 Å². The molecule has 0 atom stereocenters. The summed E-state index contributed by atoms with van der Waals surface area (Å²) in [6.07, 6.45) is -4.39. The van der Waals surface area contributed by atoms with Crippen LogP contribution in [0.1, 0.15) is 15.9 Å². The maximum absolute atomic E-state index is 12.7. The summed E-state index contributed by atoms with van der Waals surface area (Å²) >= 11 is 0. The third-order valence-corrected chi connectivity index (χ3v) is 2.81. The molecule has 0 radical (unpaired) electrons. The fourth-order valence-electron chi connectivity index (χ4n) is 1.82. The zero-order valence-corrected chi connectivity index (χ0v) is 10.6. The van der Waals surface area contributed by atoms with E-state index < -0.39 is 17.7 Å². The number of halogens is 3. The van der Waals surface area contributed by atoms with Gasteiger partial charge in [-0.25, -0.2) is 4.79 Å². The molecule has 0 bridgehead atoms. The lowest BCUT2D eigenvalue weighted by atomic mass is 10.0. The first-order valence-electron chi connectivity index (χ1n) is 5.78. The average Bonchev–Trinajstić information content (AvgIpc) is 2.46. The van der Waals surface area contributed by atoms with Gasteiger partial charge >= 0.3 is 12.1 Å². The maximum atomic E-state index is 12.7. The van der Waals surface area contributed by atoms with Crippen LogP contribution in [0.15, 0.2) is 48.5 Å². The Kier molecular flexibility index (Phi) is 3.79. The van der Waals surface area contributed by atoms with E-state index >= 15 is 0 Å². The number of hydrogen-bond donors (Lipinski definition) is 0. The van der Waals surface area contributed by atoms with Crippen molar-refractivity contribution < 1.29 is 22.7 Å². The lowest BCUT2D eigenvalue weighted by Gasteiger charge is -2.09. The van der Waals surface area contributed by atoms with E-state index in [0.29, 0.717) is 16.7 Å². The SMILES string of the molecule is COC(=O)c1cccc(-c2cccc(C(F)(F)F)c2)c1. The van der Waals surface area contributed by atoms with Gasteiger partial charge in [-0.1, -0.05) is 24.3 Å². The minimum absolute atomic E-state index is 0.294. The van der Waals surface area contributed by atoms with Crippen molar-refractivity contribution in [3.05, 3.63) is 59.7 Å². The number of carbonyl (C=O) groups is 1. The van der Waals surface area contributed by atoms with Gasteiger partial charge < -0.3 is 4.74 Å². The van der Waals surface area contributed by atoms with Crippen LogP contribution in [0.2, 0.25) is 0 Å². The van der Waals surface area contributed by atoms with Gasteiger partial charge in [-0.3, -0.25) is 0 Å². The molecule has 0 amide bonds. The third-order valence-electron chi connectivity index (χ3n) is 2.81. The van der Waals surface area contributed by atoms with E-state index in [2.05, 4.69) is 4.74 Å². The smallest absolute Gasteiger partial charge is 0.416 e. The molecule has 2 nitrogen and oxygen atoms in total. The largest absolute Gasteiger partial charge is 0.465 e. The minimum atomic E-state index is -4.39. The Morgan fingerprint density at radius 3 is 2.20 bits per heavy atom. The number of rotatable bonds is 2. The lowest BCUT2D eigenvalue weighted by Crippen LogP contribution is -2.04. The third kappa shape index (κ3) is 2.99. The van der Waals surface area contributed by atoms with Crippen LogP contribution in [-0.4, -0.2) is 13.1 Å². The molecule has 20 heavy (non-hydrogen) atoms. The zero-order chi connectivity index (χ0) is 14.8. The molecule has 0 N–H and O–H groups in total. The van der Waals surface area contributed by atoms with Crippen LogP contribution < -0.4 is 0 Å². The Balaban J connectivity index is 2.44. The van der Waals surface area contributed by atoms with Crippen LogP contribution in [0, 0.1) is 0 Å². The summed E-state index contributed by atoms with van der Waals surface area (Å²) in [6.45, 7) is 0. The van der Waals surface area contributed by atoms with E-state index in [-0.39, 0.29) is 0 Å². The Morgan fingerprint density at radius 1 is 1.00 bits per heavy atom. The van der Waals surface area contributed by atoms with Gasteiger partial charge in [0, 0.05) is 0 Å². The molecular weight excluding hydrogens is 269 g/mol. The van der Waals surface area contributed by atoms with Gasteiger partial charge in [0.2, 0.25) is 0 Å². The highest BCUT2D eigenvalue weighted by Crippen LogP contribution is 2.32. The molecule has 2 aromatic rings. The fourth-order valence-corrected chi connectivity index (χ4v) is 1.82. The van der Waals surface area contributed by atoms with Gasteiger partial charge in [0.15, 0.2) is 0 Å². The highest BCUT2D eigenvalue weighted by atomic mass is 19.4. The average molecular weight is 280 g/mol. The predicted molar refractivity (Wildman–Crippen MR) is 68.2 cm³/mol. The Labute approximate surface area is 113 Å². The summed E-state index contributed by atoms with van der Waals surface area (Å²) in [5.74, 6) is -0.529. The van der Waals surface area contributed by atoms with Crippen LogP contribution in [0.5, 0.6) is 0 Å². The van der Waals surface area contributed by atoms with Gasteiger partial charge in [-0.05, 0) is 35.4 Å². The number of esters is 1. The first-order valence-corrected chi connectivity index (χ1v) is 5.78. The molecule has 5 heteroatoms. The Bertz CT molecular complexity index is 633. The van der Waals surface area contributed by atoms with E-state index in [9.17, 15) is 18.0 Å². The molecule has 0 unspecified atom stereocenters. The Morgan fingerprint density at radius 2 is 1.60 bits per heavy atom. The van der Waals surface area contributed by atoms with Crippen LogP contribution >= 0.6 is 0 Å². The summed E-state index contributed by atoms with van der Waals surface area (Å²) in [7, 11) is 1.25.